The van der Waals surface area contributed by atoms with E-state index in [2.05, 4.69) is 29.6 Å². The highest BCUT2D eigenvalue weighted by Gasteiger charge is 2.46. The Labute approximate surface area is 156 Å². The molecule has 26 heavy (non-hydrogen) atoms. The lowest BCUT2D eigenvalue weighted by Crippen LogP contribution is -2.45. The van der Waals surface area contributed by atoms with Crippen molar-refractivity contribution >= 4 is 11.8 Å². The van der Waals surface area contributed by atoms with Crippen LogP contribution in [0.25, 0.3) is 0 Å². The summed E-state index contributed by atoms with van der Waals surface area (Å²) in [6.45, 7) is 5.67. The second-order valence-corrected chi connectivity index (χ2v) is 8.01. The summed E-state index contributed by atoms with van der Waals surface area (Å²) in [5.41, 5.74) is 2.81. The third kappa shape index (κ3) is 3.78. The van der Waals surface area contributed by atoms with Crippen molar-refractivity contribution < 1.29 is 14.3 Å². The number of benzene rings is 1. The lowest BCUT2D eigenvalue weighted by molar-refractivity contribution is -0.136. The average Bonchev–Trinajstić information content (AvgIpc) is 2.89. The molecule has 142 valence electrons. The van der Waals surface area contributed by atoms with Crippen LogP contribution in [0, 0.1) is 0 Å². The number of piperidine rings is 1. The average molecular weight is 358 g/mol. The number of rotatable bonds is 5. The maximum atomic E-state index is 12.3. The van der Waals surface area contributed by atoms with Gasteiger partial charge in [-0.25, -0.2) is 0 Å². The van der Waals surface area contributed by atoms with Crippen molar-refractivity contribution in [3.63, 3.8) is 0 Å². The smallest absolute Gasteiger partial charge is 0.248 e. The molecule has 5 nitrogen and oxygen atoms in total. The molecule has 2 aliphatic rings. The van der Waals surface area contributed by atoms with Crippen LogP contribution in [0.15, 0.2) is 24.3 Å². The number of nitrogens with one attached hydrogen (secondary N) is 1. The normalized spacial score (nSPS) is 21.1. The van der Waals surface area contributed by atoms with Gasteiger partial charge in [-0.1, -0.05) is 24.3 Å². The molecule has 5 heteroatoms. The number of hydrogen-bond acceptors (Lipinski definition) is 3. The second kappa shape index (κ2) is 7.78. The summed E-state index contributed by atoms with van der Waals surface area (Å²) in [6.07, 6.45) is 3.47. The number of likely N-dealkylation sites (tertiary alicyclic amines) is 1. The maximum absolute atomic E-state index is 12.3. The minimum atomic E-state index is 0.0708. The molecule has 1 fully saturated rings. The maximum Gasteiger partial charge on any atom is 0.248 e. The summed E-state index contributed by atoms with van der Waals surface area (Å²) in [6, 6.07) is 8.74. The van der Waals surface area contributed by atoms with Crippen molar-refractivity contribution in [2.45, 2.75) is 56.9 Å². The van der Waals surface area contributed by atoms with Gasteiger partial charge in [-0.15, -0.1) is 0 Å². The quantitative estimate of drug-likeness (QED) is 0.880. The van der Waals surface area contributed by atoms with Crippen molar-refractivity contribution in [3.8, 4) is 0 Å². The van der Waals surface area contributed by atoms with Gasteiger partial charge in [-0.05, 0) is 55.6 Å². The number of carbonyl (C=O) groups excluding carboxylic acids is 2. The fourth-order valence-electron chi connectivity index (χ4n) is 4.69. The molecule has 1 spiro atoms. The molecule has 0 radical (unpaired) electrons. The van der Waals surface area contributed by atoms with Crippen LogP contribution in [0.1, 0.15) is 56.6 Å². The van der Waals surface area contributed by atoms with Crippen molar-refractivity contribution in [2.75, 3.05) is 26.8 Å². The summed E-state index contributed by atoms with van der Waals surface area (Å²) in [7, 11) is 1.56. The molecular formula is C21H30N2O3. The Balaban J connectivity index is 1.74. The highest BCUT2D eigenvalue weighted by atomic mass is 16.5. The highest BCUT2D eigenvalue weighted by molar-refractivity contribution is 5.78. The van der Waals surface area contributed by atoms with Crippen LogP contribution in [0.4, 0.5) is 0 Å². The SMILES string of the molecule is COCC(=O)N1CCC2(CC1)CC(CC(=O)NC(C)C)c1ccccc12. The number of hydrogen-bond donors (Lipinski definition) is 1. The molecule has 3 rings (SSSR count). The molecule has 1 saturated heterocycles. The van der Waals surface area contributed by atoms with E-state index in [4.69, 9.17) is 4.74 Å². The van der Waals surface area contributed by atoms with Gasteiger partial charge in [0, 0.05) is 32.7 Å². The third-order valence-electron chi connectivity index (χ3n) is 5.83. The predicted octanol–water partition coefficient (Wildman–Crippen LogP) is 2.60. The van der Waals surface area contributed by atoms with Gasteiger partial charge in [0.2, 0.25) is 11.8 Å². The number of nitrogens with zero attached hydrogens (tertiary/aromatic N) is 1. The topological polar surface area (TPSA) is 58.6 Å². The van der Waals surface area contributed by atoms with Gasteiger partial charge < -0.3 is 15.0 Å². The number of carbonyl (C=O) groups is 2. The third-order valence-corrected chi connectivity index (χ3v) is 5.83. The Kier molecular flexibility index (Phi) is 5.66. The van der Waals surface area contributed by atoms with Gasteiger partial charge in [0.1, 0.15) is 6.61 Å². The van der Waals surface area contributed by atoms with Crippen LogP contribution in [-0.2, 0) is 19.7 Å². The summed E-state index contributed by atoms with van der Waals surface area (Å²) < 4.78 is 4.99. The van der Waals surface area contributed by atoms with E-state index in [9.17, 15) is 9.59 Å². The van der Waals surface area contributed by atoms with Crippen LogP contribution in [0.5, 0.6) is 0 Å². The van der Waals surface area contributed by atoms with E-state index in [0.717, 1.165) is 32.4 Å². The Bertz CT molecular complexity index is 663. The van der Waals surface area contributed by atoms with Crippen molar-refractivity contribution in [2.24, 2.45) is 0 Å². The Morgan fingerprint density at radius 1 is 1.27 bits per heavy atom. The largest absolute Gasteiger partial charge is 0.375 e. The van der Waals surface area contributed by atoms with Crippen molar-refractivity contribution in [1.82, 2.24) is 10.2 Å². The van der Waals surface area contributed by atoms with Crippen LogP contribution in [0.3, 0.4) is 0 Å². The first-order chi connectivity index (χ1) is 12.4. The minimum Gasteiger partial charge on any atom is -0.375 e. The Hall–Kier alpha value is -1.88. The van der Waals surface area contributed by atoms with Gasteiger partial charge in [-0.2, -0.15) is 0 Å². The fourth-order valence-corrected chi connectivity index (χ4v) is 4.69. The Morgan fingerprint density at radius 3 is 2.62 bits per heavy atom. The second-order valence-electron chi connectivity index (χ2n) is 8.01. The molecule has 0 saturated carbocycles. The summed E-state index contributed by atoms with van der Waals surface area (Å²) in [5, 5.41) is 3.02. The molecular weight excluding hydrogens is 328 g/mol. The van der Waals surface area contributed by atoms with Crippen LogP contribution in [0.2, 0.25) is 0 Å². The fraction of sp³-hybridized carbons (Fsp3) is 0.619. The van der Waals surface area contributed by atoms with Crippen molar-refractivity contribution in [1.29, 1.82) is 0 Å². The number of ether oxygens (including phenoxy) is 1. The van der Waals surface area contributed by atoms with Gasteiger partial charge in [-0.3, -0.25) is 9.59 Å². The van der Waals surface area contributed by atoms with E-state index >= 15 is 0 Å². The standard InChI is InChI=1S/C21H30N2O3/c1-15(2)22-19(24)12-16-13-21(18-7-5-4-6-17(16)18)8-10-23(11-9-21)20(25)14-26-3/h4-7,15-16H,8-14H2,1-3H3,(H,22,24). The zero-order valence-electron chi connectivity index (χ0n) is 16.1. The van der Waals surface area contributed by atoms with Crippen molar-refractivity contribution in [3.05, 3.63) is 35.4 Å². The molecule has 1 aromatic carbocycles. The molecule has 1 atom stereocenters. The van der Waals surface area contributed by atoms with Crippen LogP contribution in [-0.4, -0.2) is 49.6 Å². The zero-order valence-corrected chi connectivity index (χ0v) is 16.1. The summed E-state index contributed by atoms with van der Waals surface area (Å²) in [5.74, 6) is 0.470. The van der Waals surface area contributed by atoms with E-state index in [0.29, 0.717) is 6.42 Å². The first-order valence-electron chi connectivity index (χ1n) is 9.60. The Morgan fingerprint density at radius 2 is 1.96 bits per heavy atom. The summed E-state index contributed by atoms with van der Waals surface area (Å²) in [4.78, 5) is 26.3. The van der Waals surface area contributed by atoms with E-state index < -0.39 is 0 Å². The zero-order chi connectivity index (χ0) is 18.7. The van der Waals surface area contributed by atoms with E-state index in [1.54, 1.807) is 7.11 Å². The van der Waals surface area contributed by atoms with Crippen LogP contribution < -0.4 is 5.32 Å². The summed E-state index contributed by atoms with van der Waals surface area (Å²) >= 11 is 0. The number of fused-ring (bicyclic) bond motifs is 2. The monoisotopic (exact) mass is 358 g/mol. The molecule has 1 aliphatic carbocycles. The number of methoxy groups -OCH3 is 1. The van der Waals surface area contributed by atoms with Gasteiger partial charge >= 0.3 is 0 Å². The number of amides is 2. The molecule has 1 heterocycles. The first-order valence-corrected chi connectivity index (χ1v) is 9.60. The van der Waals surface area contributed by atoms with E-state index in [1.165, 1.54) is 11.1 Å². The highest BCUT2D eigenvalue weighted by Crippen LogP contribution is 2.52. The van der Waals surface area contributed by atoms with Gasteiger partial charge in [0.25, 0.3) is 0 Å². The van der Waals surface area contributed by atoms with E-state index in [-0.39, 0.29) is 35.8 Å². The lowest BCUT2D eigenvalue weighted by Gasteiger charge is -2.40. The minimum absolute atomic E-state index is 0.0708. The lowest BCUT2D eigenvalue weighted by atomic mass is 9.73. The molecule has 1 unspecified atom stereocenters. The van der Waals surface area contributed by atoms with Gasteiger partial charge in [0.15, 0.2) is 0 Å². The predicted molar refractivity (Wildman–Crippen MR) is 101 cm³/mol. The molecule has 0 aromatic heterocycles. The van der Waals surface area contributed by atoms with E-state index in [1.807, 2.05) is 18.7 Å². The van der Waals surface area contributed by atoms with Gasteiger partial charge in [0.05, 0.1) is 0 Å². The molecule has 1 N–H and O–H groups in total. The molecule has 1 aromatic rings. The molecule has 2 amide bonds. The van der Waals surface area contributed by atoms with Crippen LogP contribution >= 0.6 is 0 Å². The first kappa shape index (κ1) is 18.9. The molecule has 0 bridgehead atoms. The molecule has 1 aliphatic heterocycles.